The molecule has 2 aromatic heterocycles. The molecule has 0 radical (unpaired) electrons. The molecule has 146 valence electrons. The topological polar surface area (TPSA) is 79.6 Å². The number of amides is 1. The van der Waals surface area contributed by atoms with Crippen LogP contribution in [-0.2, 0) is 4.79 Å². The summed E-state index contributed by atoms with van der Waals surface area (Å²) in [6.07, 6.45) is 6.77. The molecule has 4 aromatic rings. The van der Waals surface area contributed by atoms with E-state index >= 15 is 0 Å². The average molecular weight is 387 g/mol. The molecule has 0 spiro atoms. The van der Waals surface area contributed by atoms with Gasteiger partial charge in [0.2, 0.25) is 0 Å². The fourth-order valence-electron chi connectivity index (χ4n) is 3.34. The summed E-state index contributed by atoms with van der Waals surface area (Å²) >= 11 is 0. The number of aryl methyl sites for hydroxylation is 2. The molecule has 0 fully saturated rings. The summed E-state index contributed by atoms with van der Waals surface area (Å²) in [5.41, 5.74) is 8.32. The van der Waals surface area contributed by atoms with Crippen molar-refractivity contribution in [1.82, 2.24) is 10.4 Å². The number of hydrogen-bond acceptors (Lipinski definition) is 4. The zero-order valence-corrected chi connectivity index (χ0v) is 16.2. The third-order valence-electron chi connectivity index (χ3n) is 4.62. The minimum absolute atomic E-state index is 0.138. The maximum Gasteiger partial charge on any atom is 0.277 e. The molecular formula is C23H21N3O3. The van der Waals surface area contributed by atoms with Crippen molar-refractivity contribution in [2.45, 2.75) is 13.8 Å². The number of nitrogens with one attached hydrogen (secondary N) is 2. The second kappa shape index (κ2) is 8.06. The number of hydrazone groups is 1. The molecular weight excluding hydrogens is 366 g/mol. The molecule has 2 heterocycles. The Balaban J connectivity index is 1.43. The van der Waals surface area contributed by atoms with E-state index in [2.05, 4.69) is 15.5 Å². The van der Waals surface area contributed by atoms with Crippen molar-refractivity contribution in [2.24, 2.45) is 5.10 Å². The lowest BCUT2D eigenvalue weighted by Crippen LogP contribution is -2.25. The van der Waals surface area contributed by atoms with Gasteiger partial charge in [0.05, 0.1) is 18.7 Å². The normalized spacial score (nSPS) is 11.2. The number of carbonyl (C=O) groups is 1. The number of H-pyrrole nitrogens is 1. The molecule has 2 N–H and O–H groups in total. The fraction of sp³-hybridized carbons (Fsp3) is 0.130. The number of rotatable bonds is 6. The highest BCUT2D eigenvalue weighted by molar-refractivity contribution is 5.98. The molecule has 0 atom stereocenters. The summed E-state index contributed by atoms with van der Waals surface area (Å²) in [6, 6.07) is 13.7. The number of ether oxygens (including phenoxy) is 1. The van der Waals surface area contributed by atoms with Crippen LogP contribution in [0.3, 0.4) is 0 Å². The molecule has 6 nitrogen and oxygen atoms in total. The fourth-order valence-corrected chi connectivity index (χ4v) is 3.34. The Morgan fingerprint density at radius 2 is 2.14 bits per heavy atom. The zero-order valence-electron chi connectivity index (χ0n) is 16.2. The highest BCUT2D eigenvalue weighted by atomic mass is 16.5. The SMILES string of the molecule is Cc1cc(C)c(OCC(=O)NN=Cc2cccc3[nH]ccc23)c(-c2ccoc2)c1. The molecule has 6 heteroatoms. The summed E-state index contributed by atoms with van der Waals surface area (Å²) in [7, 11) is 0. The van der Waals surface area contributed by atoms with Gasteiger partial charge in [-0.3, -0.25) is 4.79 Å². The Kier molecular flexibility index (Phi) is 5.16. The molecule has 29 heavy (non-hydrogen) atoms. The minimum Gasteiger partial charge on any atom is -0.483 e. The van der Waals surface area contributed by atoms with Gasteiger partial charge in [0.15, 0.2) is 6.61 Å². The van der Waals surface area contributed by atoms with E-state index in [9.17, 15) is 4.79 Å². The van der Waals surface area contributed by atoms with Crippen LogP contribution in [0.5, 0.6) is 5.75 Å². The molecule has 4 rings (SSSR count). The molecule has 1 amide bonds. The quantitative estimate of drug-likeness (QED) is 0.376. The summed E-state index contributed by atoms with van der Waals surface area (Å²) in [5.74, 6) is 0.328. The first-order valence-electron chi connectivity index (χ1n) is 9.26. The van der Waals surface area contributed by atoms with Crippen molar-refractivity contribution in [2.75, 3.05) is 6.61 Å². The molecule has 0 aliphatic carbocycles. The number of nitrogens with zero attached hydrogens (tertiary/aromatic N) is 1. The smallest absolute Gasteiger partial charge is 0.277 e. The second-order valence-corrected chi connectivity index (χ2v) is 6.84. The van der Waals surface area contributed by atoms with Crippen molar-refractivity contribution in [3.05, 3.63) is 77.9 Å². The Morgan fingerprint density at radius 1 is 1.24 bits per heavy atom. The average Bonchev–Trinajstić information content (AvgIpc) is 3.39. The monoisotopic (exact) mass is 387 g/mol. The lowest BCUT2D eigenvalue weighted by atomic mass is 10.0. The Hall–Kier alpha value is -3.80. The van der Waals surface area contributed by atoms with E-state index in [-0.39, 0.29) is 12.5 Å². The van der Waals surface area contributed by atoms with Crippen molar-refractivity contribution in [1.29, 1.82) is 0 Å². The number of benzene rings is 2. The third kappa shape index (κ3) is 4.06. The summed E-state index contributed by atoms with van der Waals surface area (Å²) in [6.45, 7) is 3.84. The minimum atomic E-state index is -0.333. The van der Waals surface area contributed by atoms with Gasteiger partial charge in [0.25, 0.3) is 5.91 Å². The van der Waals surface area contributed by atoms with Crippen LogP contribution < -0.4 is 10.2 Å². The van der Waals surface area contributed by atoms with Crippen molar-refractivity contribution in [3.8, 4) is 16.9 Å². The number of furan rings is 1. The van der Waals surface area contributed by atoms with Crippen LogP contribution >= 0.6 is 0 Å². The van der Waals surface area contributed by atoms with Gasteiger partial charge in [-0.1, -0.05) is 18.2 Å². The van der Waals surface area contributed by atoms with Crippen LogP contribution in [0.25, 0.3) is 22.0 Å². The summed E-state index contributed by atoms with van der Waals surface area (Å²) in [4.78, 5) is 15.4. The van der Waals surface area contributed by atoms with Crippen LogP contribution in [0.4, 0.5) is 0 Å². The predicted molar refractivity (Wildman–Crippen MR) is 113 cm³/mol. The van der Waals surface area contributed by atoms with E-state index in [1.54, 1.807) is 18.7 Å². The van der Waals surface area contributed by atoms with Crippen molar-refractivity contribution < 1.29 is 13.9 Å². The van der Waals surface area contributed by atoms with Gasteiger partial charge < -0.3 is 14.1 Å². The number of aromatic amines is 1. The maximum atomic E-state index is 12.2. The van der Waals surface area contributed by atoms with Crippen LogP contribution in [0.1, 0.15) is 16.7 Å². The molecule has 0 saturated carbocycles. The van der Waals surface area contributed by atoms with Crippen molar-refractivity contribution in [3.63, 3.8) is 0 Å². The summed E-state index contributed by atoms with van der Waals surface area (Å²) < 4.78 is 11.0. The molecule has 0 aliphatic heterocycles. The first-order chi connectivity index (χ1) is 14.1. The molecule has 0 unspecified atom stereocenters. The van der Waals surface area contributed by atoms with E-state index in [1.165, 1.54) is 0 Å². The van der Waals surface area contributed by atoms with E-state index in [0.717, 1.165) is 38.7 Å². The summed E-state index contributed by atoms with van der Waals surface area (Å²) in [5, 5.41) is 5.10. The van der Waals surface area contributed by atoms with E-state index in [1.807, 2.05) is 62.5 Å². The van der Waals surface area contributed by atoms with Crippen LogP contribution in [-0.4, -0.2) is 23.7 Å². The van der Waals surface area contributed by atoms with Gasteiger partial charge in [-0.15, -0.1) is 0 Å². The molecule has 0 saturated heterocycles. The lowest BCUT2D eigenvalue weighted by molar-refractivity contribution is -0.123. The van der Waals surface area contributed by atoms with Gasteiger partial charge in [-0.05, 0) is 49.2 Å². The van der Waals surface area contributed by atoms with Crippen LogP contribution in [0.15, 0.2) is 70.7 Å². The molecule has 0 bridgehead atoms. The third-order valence-corrected chi connectivity index (χ3v) is 4.62. The Labute approximate surface area is 168 Å². The molecule has 2 aromatic carbocycles. The number of aromatic nitrogens is 1. The molecule has 0 aliphatic rings. The first kappa shape index (κ1) is 18.6. The van der Waals surface area contributed by atoms with E-state index in [4.69, 9.17) is 9.15 Å². The van der Waals surface area contributed by atoms with Gasteiger partial charge in [-0.2, -0.15) is 5.10 Å². The van der Waals surface area contributed by atoms with E-state index in [0.29, 0.717) is 5.75 Å². The highest BCUT2D eigenvalue weighted by Gasteiger charge is 2.13. The van der Waals surface area contributed by atoms with E-state index < -0.39 is 0 Å². The largest absolute Gasteiger partial charge is 0.483 e. The number of hydrogen-bond donors (Lipinski definition) is 2. The van der Waals surface area contributed by atoms with Gasteiger partial charge >= 0.3 is 0 Å². The van der Waals surface area contributed by atoms with Gasteiger partial charge in [0.1, 0.15) is 5.75 Å². The number of carbonyl (C=O) groups excluding carboxylic acids is 1. The Morgan fingerprint density at radius 3 is 2.97 bits per heavy atom. The number of fused-ring (bicyclic) bond motifs is 1. The first-order valence-corrected chi connectivity index (χ1v) is 9.26. The standard InChI is InChI=1S/C23H21N3O3/c1-15-10-16(2)23(20(11-15)18-7-9-28-13-18)29-14-22(27)26-25-12-17-4-3-5-21-19(17)6-8-24-21/h3-13,24H,14H2,1-2H3,(H,26,27). The van der Waals surface area contributed by atoms with Crippen LogP contribution in [0.2, 0.25) is 0 Å². The van der Waals surface area contributed by atoms with Gasteiger partial charge in [0, 0.05) is 33.8 Å². The maximum absolute atomic E-state index is 12.2. The Bertz CT molecular complexity index is 1170. The van der Waals surface area contributed by atoms with Gasteiger partial charge in [-0.25, -0.2) is 5.43 Å². The zero-order chi connectivity index (χ0) is 20.2. The lowest BCUT2D eigenvalue weighted by Gasteiger charge is -2.14. The van der Waals surface area contributed by atoms with Crippen LogP contribution in [0, 0.1) is 13.8 Å². The predicted octanol–water partition coefficient (Wildman–Crippen LogP) is 4.57. The second-order valence-electron chi connectivity index (χ2n) is 6.84. The van der Waals surface area contributed by atoms with Crippen molar-refractivity contribution >= 4 is 23.0 Å². The highest BCUT2D eigenvalue weighted by Crippen LogP contribution is 2.34.